The standard InChI is InChI=1S/C23H22N6O/c1-4-17(18-5-3-9-25-19(18)6-1)15-29-12-13-30-21(16-29)20-7-2-8-22(27-20)28-23-14-24-10-11-26-23/h1-11,14,21H,12-13,15-16H2,(H,26,27,28)/t21-/m1/s1. The largest absolute Gasteiger partial charge is 0.369 e. The summed E-state index contributed by atoms with van der Waals surface area (Å²) >= 11 is 0. The SMILES string of the molecule is c1cc(Nc2cnccn2)nc([C@H]2CN(Cc3cccc4ncccc34)CCO2)c1. The normalized spacial score (nSPS) is 17.1. The third-order valence-corrected chi connectivity index (χ3v) is 5.20. The van der Waals surface area contributed by atoms with E-state index in [1.165, 1.54) is 10.9 Å². The van der Waals surface area contributed by atoms with Crippen LogP contribution in [0.3, 0.4) is 0 Å². The van der Waals surface area contributed by atoms with Crippen LogP contribution in [-0.2, 0) is 11.3 Å². The zero-order valence-electron chi connectivity index (χ0n) is 16.5. The van der Waals surface area contributed by atoms with Gasteiger partial charge < -0.3 is 10.1 Å². The molecule has 4 aromatic rings. The summed E-state index contributed by atoms with van der Waals surface area (Å²) in [5.74, 6) is 1.40. The molecule has 1 aliphatic rings. The van der Waals surface area contributed by atoms with Gasteiger partial charge in [-0.15, -0.1) is 0 Å². The molecule has 1 saturated heterocycles. The molecule has 3 aromatic heterocycles. The number of pyridine rings is 2. The van der Waals surface area contributed by atoms with Crippen molar-refractivity contribution < 1.29 is 4.74 Å². The predicted octanol–water partition coefficient (Wildman–Crippen LogP) is 3.74. The third kappa shape index (κ3) is 4.12. The van der Waals surface area contributed by atoms with Gasteiger partial charge in [-0.05, 0) is 29.8 Å². The summed E-state index contributed by atoms with van der Waals surface area (Å²) in [6, 6.07) is 16.4. The average molecular weight is 398 g/mol. The molecule has 0 unspecified atom stereocenters. The first-order valence-electron chi connectivity index (χ1n) is 10.0. The summed E-state index contributed by atoms with van der Waals surface area (Å²) < 4.78 is 6.05. The van der Waals surface area contributed by atoms with Crippen molar-refractivity contribution in [2.45, 2.75) is 12.6 Å². The first kappa shape index (κ1) is 18.6. The van der Waals surface area contributed by atoms with Crippen molar-refractivity contribution in [1.29, 1.82) is 0 Å². The lowest BCUT2D eigenvalue weighted by atomic mass is 10.1. The molecular weight excluding hydrogens is 376 g/mol. The molecule has 5 rings (SSSR count). The number of nitrogens with one attached hydrogen (secondary N) is 1. The van der Waals surface area contributed by atoms with E-state index in [9.17, 15) is 0 Å². The Morgan fingerprint density at radius 1 is 0.967 bits per heavy atom. The molecule has 7 nitrogen and oxygen atoms in total. The highest BCUT2D eigenvalue weighted by atomic mass is 16.5. The van der Waals surface area contributed by atoms with E-state index in [2.05, 4.69) is 49.4 Å². The smallest absolute Gasteiger partial charge is 0.150 e. The molecule has 0 aliphatic carbocycles. The maximum atomic E-state index is 6.05. The Morgan fingerprint density at radius 2 is 1.93 bits per heavy atom. The Morgan fingerprint density at radius 3 is 2.87 bits per heavy atom. The highest BCUT2D eigenvalue weighted by molar-refractivity contribution is 5.81. The second-order valence-electron chi connectivity index (χ2n) is 7.25. The van der Waals surface area contributed by atoms with Crippen LogP contribution in [-0.4, -0.2) is 44.5 Å². The van der Waals surface area contributed by atoms with E-state index >= 15 is 0 Å². The average Bonchev–Trinajstić information content (AvgIpc) is 2.80. The fourth-order valence-corrected chi connectivity index (χ4v) is 3.77. The van der Waals surface area contributed by atoms with Gasteiger partial charge in [0.25, 0.3) is 0 Å². The summed E-state index contributed by atoms with van der Waals surface area (Å²) in [6.07, 6.45) is 6.73. The second kappa shape index (κ2) is 8.52. The van der Waals surface area contributed by atoms with Crippen LogP contribution in [0.4, 0.5) is 11.6 Å². The zero-order valence-corrected chi connectivity index (χ0v) is 16.5. The van der Waals surface area contributed by atoms with Gasteiger partial charge in [-0.1, -0.05) is 24.3 Å². The number of nitrogens with zero attached hydrogens (tertiary/aromatic N) is 5. The minimum atomic E-state index is -0.0736. The van der Waals surface area contributed by atoms with Crippen LogP contribution >= 0.6 is 0 Å². The van der Waals surface area contributed by atoms with Gasteiger partial charge >= 0.3 is 0 Å². The third-order valence-electron chi connectivity index (χ3n) is 5.20. The maximum absolute atomic E-state index is 6.05. The number of benzene rings is 1. The quantitative estimate of drug-likeness (QED) is 0.549. The minimum absolute atomic E-state index is 0.0736. The lowest BCUT2D eigenvalue weighted by Gasteiger charge is -2.33. The fourth-order valence-electron chi connectivity index (χ4n) is 3.77. The summed E-state index contributed by atoms with van der Waals surface area (Å²) in [7, 11) is 0. The molecule has 1 atom stereocenters. The van der Waals surface area contributed by atoms with E-state index in [1.54, 1.807) is 18.6 Å². The van der Waals surface area contributed by atoms with Gasteiger partial charge in [0, 0.05) is 43.6 Å². The molecule has 1 aliphatic heterocycles. The second-order valence-corrected chi connectivity index (χ2v) is 7.25. The molecule has 7 heteroatoms. The maximum Gasteiger partial charge on any atom is 0.150 e. The monoisotopic (exact) mass is 398 g/mol. The van der Waals surface area contributed by atoms with Crippen molar-refractivity contribution >= 4 is 22.5 Å². The van der Waals surface area contributed by atoms with Crippen molar-refractivity contribution in [3.63, 3.8) is 0 Å². The van der Waals surface area contributed by atoms with Crippen molar-refractivity contribution in [3.05, 3.63) is 84.6 Å². The molecule has 1 aromatic carbocycles. The van der Waals surface area contributed by atoms with Crippen molar-refractivity contribution in [2.75, 3.05) is 25.0 Å². The molecule has 150 valence electrons. The molecule has 0 saturated carbocycles. The van der Waals surface area contributed by atoms with Gasteiger partial charge in [0.05, 0.1) is 24.0 Å². The predicted molar refractivity (Wildman–Crippen MR) is 115 cm³/mol. The van der Waals surface area contributed by atoms with E-state index in [-0.39, 0.29) is 6.10 Å². The molecule has 0 amide bonds. The number of hydrogen-bond donors (Lipinski definition) is 1. The topological polar surface area (TPSA) is 76.1 Å². The van der Waals surface area contributed by atoms with Crippen LogP contribution in [0.5, 0.6) is 0 Å². The molecule has 1 fully saturated rings. The Kier molecular flexibility index (Phi) is 5.28. The molecule has 0 radical (unpaired) electrons. The van der Waals surface area contributed by atoms with Crippen molar-refractivity contribution in [1.82, 2.24) is 24.8 Å². The molecule has 30 heavy (non-hydrogen) atoms. The summed E-state index contributed by atoms with van der Waals surface area (Å²) in [5, 5.41) is 4.40. The van der Waals surface area contributed by atoms with Gasteiger partial charge in [-0.25, -0.2) is 9.97 Å². The lowest BCUT2D eigenvalue weighted by molar-refractivity contribution is -0.0348. The van der Waals surface area contributed by atoms with Crippen LogP contribution in [0.2, 0.25) is 0 Å². The zero-order chi connectivity index (χ0) is 20.2. The molecule has 0 spiro atoms. The first-order chi connectivity index (χ1) is 14.8. The summed E-state index contributed by atoms with van der Waals surface area (Å²) in [6.45, 7) is 3.22. The van der Waals surface area contributed by atoms with Crippen LogP contribution in [0.25, 0.3) is 10.9 Å². The van der Waals surface area contributed by atoms with Crippen LogP contribution in [0.1, 0.15) is 17.4 Å². The van der Waals surface area contributed by atoms with Gasteiger partial charge in [0.1, 0.15) is 17.7 Å². The Hall–Kier alpha value is -3.42. The number of morpholine rings is 1. The minimum Gasteiger partial charge on any atom is -0.369 e. The number of rotatable bonds is 5. The number of anilines is 2. The highest BCUT2D eigenvalue weighted by Crippen LogP contribution is 2.25. The summed E-state index contributed by atoms with van der Waals surface area (Å²) in [4.78, 5) is 19.9. The van der Waals surface area contributed by atoms with E-state index in [1.807, 2.05) is 30.5 Å². The molecule has 0 bridgehead atoms. The van der Waals surface area contributed by atoms with Crippen LogP contribution in [0, 0.1) is 0 Å². The van der Waals surface area contributed by atoms with E-state index < -0.39 is 0 Å². The van der Waals surface area contributed by atoms with E-state index in [0.29, 0.717) is 12.4 Å². The van der Waals surface area contributed by atoms with E-state index in [0.717, 1.165) is 36.7 Å². The molecular formula is C23H22N6O. The van der Waals surface area contributed by atoms with E-state index in [4.69, 9.17) is 9.72 Å². The lowest BCUT2D eigenvalue weighted by Crippen LogP contribution is -2.38. The van der Waals surface area contributed by atoms with Crippen molar-refractivity contribution in [3.8, 4) is 0 Å². The Bertz CT molecular complexity index is 1130. The van der Waals surface area contributed by atoms with Crippen LogP contribution < -0.4 is 5.32 Å². The Labute approximate surface area is 174 Å². The van der Waals surface area contributed by atoms with Gasteiger partial charge in [0.15, 0.2) is 0 Å². The Balaban J connectivity index is 1.31. The van der Waals surface area contributed by atoms with Gasteiger partial charge in [-0.3, -0.25) is 14.9 Å². The number of ether oxygens (including phenoxy) is 1. The number of hydrogen-bond acceptors (Lipinski definition) is 7. The first-order valence-corrected chi connectivity index (χ1v) is 10.0. The molecule has 4 heterocycles. The number of fused-ring (bicyclic) bond motifs is 1. The fraction of sp³-hybridized carbons (Fsp3) is 0.217. The number of aromatic nitrogens is 4. The van der Waals surface area contributed by atoms with Crippen LogP contribution in [0.15, 0.2) is 73.3 Å². The summed E-state index contributed by atoms with van der Waals surface area (Å²) in [5.41, 5.74) is 3.23. The molecule has 1 N–H and O–H groups in total. The van der Waals surface area contributed by atoms with Crippen molar-refractivity contribution in [2.24, 2.45) is 0 Å². The van der Waals surface area contributed by atoms with Gasteiger partial charge in [-0.2, -0.15) is 0 Å². The highest BCUT2D eigenvalue weighted by Gasteiger charge is 2.23. The van der Waals surface area contributed by atoms with Gasteiger partial charge in [0.2, 0.25) is 0 Å².